The monoisotopic (exact) mass is 485 g/mol. The second kappa shape index (κ2) is 10.6. The van der Waals surface area contributed by atoms with Crippen LogP contribution in [0.1, 0.15) is 27.5 Å². The molecule has 0 aromatic heterocycles. The van der Waals surface area contributed by atoms with Gasteiger partial charge in [-0.05, 0) is 47.5 Å². The fraction of sp³-hybridized carbons (Fsp3) is 0.167. The number of amides is 2. The van der Waals surface area contributed by atoms with Crippen LogP contribution < -0.4 is 10.6 Å². The van der Waals surface area contributed by atoms with Crippen molar-refractivity contribution in [1.82, 2.24) is 14.9 Å². The SMILES string of the molecule is CNC(=O)c1ccc(CN(C(C(=O)NC)c2ccccc2)S(=O)(=O)c2ccc(Cl)cc2)cc1. The zero-order valence-corrected chi connectivity index (χ0v) is 19.7. The van der Waals surface area contributed by atoms with Gasteiger partial charge in [-0.2, -0.15) is 4.31 Å². The van der Waals surface area contributed by atoms with Gasteiger partial charge in [-0.1, -0.05) is 54.1 Å². The molecule has 2 amide bonds. The van der Waals surface area contributed by atoms with E-state index in [9.17, 15) is 18.0 Å². The van der Waals surface area contributed by atoms with Crippen molar-refractivity contribution in [3.63, 3.8) is 0 Å². The highest BCUT2D eigenvalue weighted by Crippen LogP contribution is 2.31. The molecule has 0 saturated carbocycles. The minimum absolute atomic E-state index is 0.0127. The lowest BCUT2D eigenvalue weighted by molar-refractivity contribution is -0.124. The van der Waals surface area contributed by atoms with Gasteiger partial charge in [0.15, 0.2) is 0 Å². The molecule has 0 aliphatic heterocycles. The van der Waals surface area contributed by atoms with Gasteiger partial charge < -0.3 is 10.6 Å². The van der Waals surface area contributed by atoms with E-state index >= 15 is 0 Å². The molecule has 0 fully saturated rings. The third-order valence-corrected chi connectivity index (χ3v) is 7.18. The van der Waals surface area contributed by atoms with E-state index in [1.807, 2.05) is 0 Å². The van der Waals surface area contributed by atoms with Crippen molar-refractivity contribution in [2.24, 2.45) is 0 Å². The van der Waals surface area contributed by atoms with Crippen molar-refractivity contribution in [3.05, 3.63) is 101 Å². The predicted molar refractivity (Wildman–Crippen MR) is 127 cm³/mol. The second-order valence-corrected chi connectivity index (χ2v) is 9.53. The van der Waals surface area contributed by atoms with Crippen LogP contribution in [0.5, 0.6) is 0 Å². The smallest absolute Gasteiger partial charge is 0.251 e. The van der Waals surface area contributed by atoms with E-state index in [0.29, 0.717) is 21.7 Å². The van der Waals surface area contributed by atoms with E-state index in [4.69, 9.17) is 11.6 Å². The third-order valence-electron chi connectivity index (χ3n) is 5.10. The van der Waals surface area contributed by atoms with Crippen LogP contribution in [0, 0.1) is 0 Å². The number of nitrogens with one attached hydrogen (secondary N) is 2. The number of hydrogen-bond donors (Lipinski definition) is 2. The summed E-state index contributed by atoms with van der Waals surface area (Å²) in [5.41, 5.74) is 1.58. The molecule has 9 heteroatoms. The minimum atomic E-state index is -4.12. The minimum Gasteiger partial charge on any atom is -0.357 e. The van der Waals surface area contributed by atoms with E-state index < -0.39 is 22.0 Å². The molecule has 0 saturated heterocycles. The maximum Gasteiger partial charge on any atom is 0.251 e. The summed E-state index contributed by atoms with van der Waals surface area (Å²) in [6.07, 6.45) is 0. The van der Waals surface area contributed by atoms with Gasteiger partial charge in [0.1, 0.15) is 6.04 Å². The van der Waals surface area contributed by atoms with Gasteiger partial charge in [-0.15, -0.1) is 0 Å². The zero-order chi connectivity index (χ0) is 24.0. The fourth-order valence-electron chi connectivity index (χ4n) is 3.36. The lowest BCUT2D eigenvalue weighted by Crippen LogP contribution is -2.42. The van der Waals surface area contributed by atoms with Crippen LogP contribution in [0.25, 0.3) is 0 Å². The summed E-state index contributed by atoms with van der Waals surface area (Å²) < 4.78 is 28.6. The van der Waals surface area contributed by atoms with Gasteiger partial charge >= 0.3 is 0 Å². The first-order chi connectivity index (χ1) is 15.8. The normalized spacial score (nSPS) is 12.2. The number of benzene rings is 3. The Labute approximate surface area is 198 Å². The Kier molecular flexibility index (Phi) is 7.86. The molecule has 0 spiro atoms. The Balaban J connectivity index is 2.11. The molecule has 3 aromatic rings. The predicted octanol–water partition coefficient (Wildman–Crippen LogP) is 3.38. The van der Waals surface area contributed by atoms with E-state index in [1.54, 1.807) is 54.6 Å². The summed E-state index contributed by atoms with van der Waals surface area (Å²) >= 11 is 5.95. The number of likely N-dealkylation sites (N-methyl/N-ethyl adjacent to an activating group) is 1. The number of sulfonamides is 1. The molecule has 0 bridgehead atoms. The topological polar surface area (TPSA) is 95.6 Å². The highest BCUT2D eigenvalue weighted by Gasteiger charge is 2.36. The Morgan fingerprint density at radius 2 is 1.48 bits per heavy atom. The molecular formula is C24H24ClN3O4S. The molecule has 3 rings (SSSR count). The maximum absolute atomic E-state index is 13.7. The van der Waals surface area contributed by atoms with Crippen LogP contribution in [0.15, 0.2) is 83.8 Å². The number of hydrogen-bond acceptors (Lipinski definition) is 4. The van der Waals surface area contributed by atoms with E-state index in [2.05, 4.69) is 10.6 Å². The highest BCUT2D eigenvalue weighted by molar-refractivity contribution is 7.89. The zero-order valence-electron chi connectivity index (χ0n) is 18.2. The Hall–Kier alpha value is -3.20. The average molecular weight is 486 g/mol. The quantitative estimate of drug-likeness (QED) is 0.511. The molecule has 2 N–H and O–H groups in total. The van der Waals surface area contributed by atoms with Gasteiger partial charge in [0.2, 0.25) is 15.9 Å². The third kappa shape index (κ3) is 5.60. The number of carbonyl (C=O) groups is 2. The molecule has 0 heterocycles. The Bertz CT molecular complexity index is 1210. The standard InChI is InChI=1S/C24H24ClN3O4S/c1-26-23(29)19-10-8-17(9-11-19)16-28(33(31,32)21-14-12-20(25)13-15-21)22(24(30)27-2)18-6-4-3-5-7-18/h3-15,22H,16H2,1-2H3,(H,26,29)(H,27,30). The lowest BCUT2D eigenvalue weighted by atomic mass is 10.1. The molecule has 1 atom stereocenters. The van der Waals surface area contributed by atoms with Crippen LogP contribution in [0.2, 0.25) is 5.02 Å². The molecule has 0 aliphatic carbocycles. The molecule has 7 nitrogen and oxygen atoms in total. The number of nitrogens with zero attached hydrogens (tertiary/aromatic N) is 1. The van der Waals surface area contributed by atoms with Crippen LogP contribution in [-0.2, 0) is 21.4 Å². The van der Waals surface area contributed by atoms with Crippen LogP contribution in [-0.4, -0.2) is 38.6 Å². The number of rotatable bonds is 8. The molecule has 3 aromatic carbocycles. The first-order valence-corrected chi connectivity index (χ1v) is 11.9. The molecular weight excluding hydrogens is 462 g/mol. The highest BCUT2D eigenvalue weighted by atomic mass is 35.5. The Morgan fingerprint density at radius 1 is 0.879 bits per heavy atom. The van der Waals surface area contributed by atoms with Gasteiger partial charge in [0, 0.05) is 31.2 Å². The molecule has 0 aliphatic rings. The van der Waals surface area contributed by atoms with Crippen LogP contribution in [0.4, 0.5) is 0 Å². The van der Waals surface area contributed by atoms with Crippen molar-refractivity contribution < 1.29 is 18.0 Å². The maximum atomic E-state index is 13.7. The summed E-state index contributed by atoms with van der Waals surface area (Å²) in [4.78, 5) is 24.8. The van der Waals surface area contributed by atoms with Crippen molar-refractivity contribution in [1.29, 1.82) is 0 Å². The number of halogens is 1. The summed E-state index contributed by atoms with van der Waals surface area (Å²) in [5.74, 6) is -0.722. The van der Waals surface area contributed by atoms with Crippen molar-refractivity contribution >= 4 is 33.4 Å². The van der Waals surface area contributed by atoms with Crippen molar-refractivity contribution in [2.75, 3.05) is 14.1 Å². The van der Waals surface area contributed by atoms with Crippen LogP contribution >= 0.6 is 11.6 Å². The summed E-state index contributed by atoms with van der Waals surface area (Å²) in [7, 11) is -1.12. The van der Waals surface area contributed by atoms with Gasteiger partial charge in [-0.3, -0.25) is 9.59 Å². The van der Waals surface area contributed by atoms with Gasteiger partial charge in [0.05, 0.1) is 4.90 Å². The van der Waals surface area contributed by atoms with E-state index in [-0.39, 0.29) is 17.3 Å². The Morgan fingerprint density at radius 3 is 2.03 bits per heavy atom. The average Bonchev–Trinajstić information content (AvgIpc) is 2.84. The molecule has 1 unspecified atom stereocenters. The summed E-state index contributed by atoms with van der Waals surface area (Å²) in [6, 6.07) is 19.9. The summed E-state index contributed by atoms with van der Waals surface area (Å²) in [5, 5.41) is 5.52. The number of carbonyl (C=O) groups excluding carboxylic acids is 2. The first-order valence-electron chi connectivity index (χ1n) is 10.1. The lowest BCUT2D eigenvalue weighted by Gasteiger charge is -2.30. The second-order valence-electron chi connectivity index (χ2n) is 7.21. The largest absolute Gasteiger partial charge is 0.357 e. The van der Waals surface area contributed by atoms with E-state index in [0.717, 1.165) is 4.31 Å². The van der Waals surface area contributed by atoms with Gasteiger partial charge in [-0.25, -0.2) is 8.42 Å². The fourth-order valence-corrected chi connectivity index (χ4v) is 5.05. The summed E-state index contributed by atoms with van der Waals surface area (Å²) in [6.45, 7) is -0.0913. The van der Waals surface area contributed by atoms with E-state index in [1.165, 1.54) is 38.4 Å². The van der Waals surface area contributed by atoms with Crippen molar-refractivity contribution in [3.8, 4) is 0 Å². The molecule has 33 heavy (non-hydrogen) atoms. The molecule has 172 valence electrons. The van der Waals surface area contributed by atoms with Gasteiger partial charge in [0.25, 0.3) is 5.91 Å². The molecule has 0 radical (unpaired) electrons. The first kappa shape index (κ1) is 24.4. The van der Waals surface area contributed by atoms with Crippen molar-refractivity contribution in [2.45, 2.75) is 17.5 Å². The van der Waals surface area contributed by atoms with Crippen LogP contribution in [0.3, 0.4) is 0 Å².